The molecular weight excluding hydrogens is 374 g/mol. The van der Waals surface area contributed by atoms with Crippen LogP contribution < -0.4 is 15.1 Å². The molecule has 0 radical (unpaired) electrons. The van der Waals surface area contributed by atoms with Gasteiger partial charge in [0.1, 0.15) is 0 Å². The Hall–Kier alpha value is -2.90. The molecule has 2 atom stereocenters. The molecule has 3 heterocycles. The Morgan fingerprint density at radius 3 is 2.55 bits per heavy atom. The molecule has 1 aromatic rings. The van der Waals surface area contributed by atoms with Gasteiger partial charge < -0.3 is 14.9 Å². The van der Waals surface area contributed by atoms with Crippen LogP contribution in [0.3, 0.4) is 0 Å². The monoisotopic (exact) mass is 399 g/mol. The van der Waals surface area contributed by atoms with E-state index in [9.17, 15) is 19.2 Å². The second kappa shape index (κ2) is 7.50. The fourth-order valence-electron chi connectivity index (χ4n) is 4.80. The largest absolute Gasteiger partial charge is 0.481 e. The van der Waals surface area contributed by atoms with Gasteiger partial charge in [0, 0.05) is 44.4 Å². The van der Waals surface area contributed by atoms with E-state index in [-0.39, 0.29) is 36.5 Å². The van der Waals surface area contributed by atoms with Gasteiger partial charge in [-0.05, 0) is 42.9 Å². The summed E-state index contributed by atoms with van der Waals surface area (Å²) in [6.45, 7) is 1.57. The fourth-order valence-corrected chi connectivity index (χ4v) is 4.80. The minimum atomic E-state index is -0.749. The van der Waals surface area contributed by atoms with E-state index in [2.05, 4.69) is 10.2 Å². The Labute approximate surface area is 168 Å². The van der Waals surface area contributed by atoms with Crippen LogP contribution in [-0.2, 0) is 19.2 Å². The number of imide groups is 1. The number of likely N-dealkylation sites (N-methyl/N-ethyl adjacent to an activating group) is 1. The third kappa shape index (κ3) is 3.59. The molecule has 0 spiro atoms. The molecular formula is C21H25N3O5. The van der Waals surface area contributed by atoms with Crippen LogP contribution in [0.1, 0.15) is 43.6 Å². The Bertz CT molecular complexity index is 875. The quantitative estimate of drug-likeness (QED) is 0.743. The molecule has 4 rings (SSSR count). The number of hydrogen-bond acceptors (Lipinski definition) is 5. The number of carboxylic acid groups (broad SMARTS) is 1. The van der Waals surface area contributed by atoms with Gasteiger partial charge in [-0.1, -0.05) is 6.07 Å². The summed E-state index contributed by atoms with van der Waals surface area (Å²) in [4.78, 5) is 51.4. The number of carbonyl (C=O) groups is 4. The number of aliphatic carboxylic acids is 1. The number of anilines is 2. The molecule has 154 valence electrons. The first kappa shape index (κ1) is 19.4. The van der Waals surface area contributed by atoms with Crippen LogP contribution in [0.25, 0.3) is 0 Å². The molecule has 2 N–H and O–H groups in total. The molecule has 2 saturated heterocycles. The summed E-state index contributed by atoms with van der Waals surface area (Å²) in [6.07, 6.45) is 2.51. The van der Waals surface area contributed by atoms with Crippen LogP contribution in [-0.4, -0.2) is 48.9 Å². The lowest BCUT2D eigenvalue weighted by Crippen LogP contribution is -2.44. The lowest BCUT2D eigenvalue weighted by molar-refractivity contribution is -0.139. The molecule has 8 nitrogen and oxygen atoms in total. The van der Waals surface area contributed by atoms with E-state index in [4.69, 9.17) is 5.11 Å². The average Bonchev–Trinajstić information content (AvgIpc) is 2.93. The van der Waals surface area contributed by atoms with Gasteiger partial charge in [0.15, 0.2) is 0 Å². The number of nitrogens with one attached hydrogen (secondary N) is 1. The molecule has 3 aliphatic heterocycles. The second-order valence-corrected chi connectivity index (χ2v) is 8.20. The summed E-state index contributed by atoms with van der Waals surface area (Å²) in [5.41, 5.74) is 2.63. The van der Waals surface area contributed by atoms with E-state index in [1.165, 1.54) is 0 Å². The van der Waals surface area contributed by atoms with Crippen molar-refractivity contribution in [3.05, 3.63) is 23.8 Å². The van der Waals surface area contributed by atoms with Crippen molar-refractivity contribution in [2.45, 2.75) is 38.0 Å². The van der Waals surface area contributed by atoms with Gasteiger partial charge >= 0.3 is 5.97 Å². The number of piperidine rings is 2. The predicted octanol–water partition coefficient (Wildman–Crippen LogP) is 1.49. The van der Waals surface area contributed by atoms with Crippen LogP contribution in [0.4, 0.5) is 11.4 Å². The number of fused-ring (bicyclic) bond motifs is 1. The molecule has 0 saturated carbocycles. The summed E-state index contributed by atoms with van der Waals surface area (Å²) in [6, 6.07) is 5.88. The molecule has 3 amide bonds. The number of benzene rings is 1. The maximum Gasteiger partial charge on any atom is 0.303 e. The smallest absolute Gasteiger partial charge is 0.303 e. The van der Waals surface area contributed by atoms with E-state index in [1.54, 1.807) is 11.9 Å². The first-order valence-corrected chi connectivity index (χ1v) is 10.1. The first-order chi connectivity index (χ1) is 13.8. The standard InChI is InChI=1S/C21H25N3O5/c1-23-16-11-13(24-8-6-12(7-9-24)10-18(26)27)2-3-14(16)19(21(23)29)15-4-5-17(25)22-20(15)28/h2-3,11-12,15,19H,4-10H2,1H3,(H,26,27)(H,22,25,28). The first-order valence-electron chi connectivity index (χ1n) is 10.1. The zero-order valence-corrected chi connectivity index (χ0v) is 16.4. The Morgan fingerprint density at radius 2 is 1.90 bits per heavy atom. The lowest BCUT2D eigenvalue weighted by atomic mass is 9.81. The third-order valence-electron chi connectivity index (χ3n) is 6.43. The number of amides is 3. The highest BCUT2D eigenvalue weighted by Gasteiger charge is 2.45. The van der Waals surface area contributed by atoms with E-state index in [0.717, 1.165) is 42.9 Å². The third-order valence-corrected chi connectivity index (χ3v) is 6.43. The maximum atomic E-state index is 12.9. The van der Waals surface area contributed by atoms with Gasteiger partial charge in [-0.2, -0.15) is 0 Å². The van der Waals surface area contributed by atoms with Gasteiger partial charge in [-0.15, -0.1) is 0 Å². The minimum Gasteiger partial charge on any atom is -0.481 e. The maximum absolute atomic E-state index is 12.9. The van der Waals surface area contributed by atoms with Crippen molar-refractivity contribution in [2.75, 3.05) is 29.9 Å². The van der Waals surface area contributed by atoms with Gasteiger partial charge in [-0.25, -0.2) is 0 Å². The van der Waals surface area contributed by atoms with Crippen molar-refractivity contribution >= 4 is 35.1 Å². The highest BCUT2D eigenvalue weighted by molar-refractivity contribution is 6.09. The molecule has 8 heteroatoms. The van der Waals surface area contributed by atoms with Gasteiger partial charge in [0.25, 0.3) is 0 Å². The zero-order chi connectivity index (χ0) is 20.7. The summed E-state index contributed by atoms with van der Waals surface area (Å²) in [7, 11) is 1.72. The predicted molar refractivity (Wildman–Crippen MR) is 106 cm³/mol. The fraction of sp³-hybridized carbons (Fsp3) is 0.524. The minimum absolute atomic E-state index is 0.119. The second-order valence-electron chi connectivity index (χ2n) is 8.20. The summed E-state index contributed by atoms with van der Waals surface area (Å²) >= 11 is 0. The van der Waals surface area contributed by atoms with Crippen LogP contribution >= 0.6 is 0 Å². The normalized spacial score (nSPS) is 25.2. The molecule has 29 heavy (non-hydrogen) atoms. The number of nitrogens with zero attached hydrogens (tertiary/aromatic N) is 2. The molecule has 0 aromatic heterocycles. The van der Waals surface area contributed by atoms with Crippen molar-refractivity contribution in [3.8, 4) is 0 Å². The van der Waals surface area contributed by atoms with Crippen molar-refractivity contribution in [3.63, 3.8) is 0 Å². The molecule has 0 bridgehead atoms. The van der Waals surface area contributed by atoms with Crippen LogP contribution in [0, 0.1) is 11.8 Å². The molecule has 1 aromatic carbocycles. The summed E-state index contributed by atoms with van der Waals surface area (Å²) in [5.74, 6) is -2.40. The van der Waals surface area contributed by atoms with E-state index >= 15 is 0 Å². The summed E-state index contributed by atoms with van der Waals surface area (Å²) in [5, 5.41) is 11.3. The topological polar surface area (TPSA) is 107 Å². The SMILES string of the molecule is CN1C(=O)C(C2CCC(=O)NC2=O)c2ccc(N3CCC(CC(=O)O)CC3)cc21. The zero-order valence-electron chi connectivity index (χ0n) is 16.4. The van der Waals surface area contributed by atoms with E-state index < -0.39 is 17.8 Å². The van der Waals surface area contributed by atoms with Crippen LogP contribution in [0.2, 0.25) is 0 Å². The highest BCUT2D eigenvalue weighted by Crippen LogP contribution is 2.44. The molecule has 2 unspecified atom stereocenters. The van der Waals surface area contributed by atoms with Gasteiger partial charge in [0.05, 0.1) is 11.8 Å². The summed E-state index contributed by atoms with van der Waals surface area (Å²) < 4.78 is 0. The number of carboxylic acids is 1. The highest BCUT2D eigenvalue weighted by atomic mass is 16.4. The number of rotatable bonds is 4. The van der Waals surface area contributed by atoms with Crippen molar-refractivity contribution in [2.24, 2.45) is 11.8 Å². The molecule has 2 fully saturated rings. The average molecular weight is 399 g/mol. The Balaban J connectivity index is 1.53. The van der Waals surface area contributed by atoms with Crippen molar-refractivity contribution in [1.82, 2.24) is 5.32 Å². The van der Waals surface area contributed by atoms with Gasteiger partial charge in [-0.3, -0.25) is 24.5 Å². The van der Waals surface area contributed by atoms with Crippen molar-refractivity contribution in [1.29, 1.82) is 0 Å². The van der Waals surface area contributed by atoms with E-state index in [1.807, 2.05) is 18.2 Å². The molecule has 3 aliphatic rings. The van der Waals surface area contributed by atoms with Crippen LogP contribution in [0.5, 0.6) is 0 Å². The lowest BCUT2D eigenvalue weighted by Gasteiger charge is -2.33. The van der Waals surface area contributed by atoms with E-state index in [0.29, 0.717) is 6.42 Å². The van der Waals surface area contributed by atoms with Crippen LogP contribution in [0.15, 0.2) is 18.2 Å². The van der Waals surface area contributed by atoms with Crippen molar-refractivity contribution < 1.29 is 24.3 Å². The molecule has 0 aliphatic carbocycles. The Kier molecular flexibility index (Phi) is 5.02. The van der Waals surface area contributed by atoms with Gasteiger partial charge in [0.2, 0.25) is 17.7 Å². The number of carbonyl (C=O) groups excluding carboxylic acids is 3. The number of hydrogen-bond donors (Lipinski definition) is 2. The Morgan fingerprint density at radius 1 is 1.17 bits per heavy atom.